The molecule has 2 rings (SSSR count). The Morgan fingerprint density at radius 2 is 2.42 bits per heavy atom. The molecule has 1 aromatic rings. The smallest absolute Gasteiger partial charge is 0.140 e. The summed E-state index contributed by atoms with van der Waals surface area (Å²) in [6, 6.07) is 4.59. The zero-order valence-corrected chi connectivity index (χ0v) is 10.8. The number of hydrogen-bond acceptors (Lipinski definition) is 4. The first kappa shape index (κ1) is 13.6. The molecule has 1 aliphatic heterocycles. The lowest BCUT2D eigenvalue weighted by atomic mass is 10.1. The summed E-state index contributed by atoms with van der Waals surface area (Å²) < 4.78 is 18.8. The number of halogens is 1. The van der Waals surface area contributed by atoms with E-state index in [0.29, 0.717) is 19.4 Å². The molecular weight excluding hydrogens is 249 g/mol. The van der Waals surface area contributed by atoms with Crippen LogP contribution in [0.25, 0.3) is 0 Å². The van der Waals surface area contributed by atoms with Crippen molar-refractivity contribution in [3.05, 3.63) is 29.6 Å². The number of oxime groups is 1. The van der Waals surface area contributed by atoms with E-state index in [9.17, 15) is 4.39 Å². The van der Waals surface area contributed by atoms with Gasteiger partial charge < -0.3 is 20.6 Å². The van der Waals surface area contributed by atoms with Crippen LogP contribution in [0.15, 0.2) is 23.4 Å². The van der Waals surface area contributed by atoms with Gasteiger partial charge in [0.1, 0.15) is 23.5 Å². The van der Waals surface area contributed by atoms with Gasteiger partial charge in [-0.2, -0.15) is 0 Å². The number of likely N-dealkylation sites (N-methyl/N-ethyl adjacent to an activating group) is 1. The average molecular weight is 267 g/mol. The third kappa shape index (κ3) is 3.57. The van der Waals surface area contributed by atoms with Crippen molar-refractivity contribution in [1.29, 1.82) is 0 Å². The number of fused-ring (bicyclic) bond motifs is 1. The van der Waals surface area contributed by atoms with Crippen molar-refractivity contribution in [3.63, 3.8) is 0 Å². The molecule has 1 heterocycles. The van der Waals surface area contributed by atoms with Gasteiger partial charge in [-0.15, -0.1) is 0 Å². The van der Waals surface area contributed by atoms with E-state index < -0.39 is 0 Å². The summed E-state index contributed by atoms with van der Waals surface area (Å²) in [4.78, 5) is 2.05. The van der Waals surface area contributed by atoms with Gasteiger partial charge in [0.05, 0.1) is 0 Å². The molecule has 1 atom stereocenters. The molecule has 0 radical (unpaired) electrons. The first-order valence-corrected chi connectivity index (χ1v) is 6.18. The minimum absolute atomic E-state index is 0.0223. The number of hydrogen-bond donors (Lipinski definition) is 2. The Labute approximate surface area is 111 Å². The number of benzene rings is 1. The molecule has 0 saturated heterocycles. The van der Waals surface area contributed by atoms with Crippen LogP contribution < -0.4 is 10.5 Å². The van der Waals surface area contributed by atoms with E-state index in [0.717, 1.165) is 17.9 Å². The van der Waals surface area contributed by atoms with Gasteiger partial charge in [-0.25, -0.2) is 4.39 Å². The summed E-state index contributed by atoms with van der Waals surface area (Å²) in [6.07, 6.45) is 1.23. The Hall–Kier alpha value is -1.82. The zero-order chi connectivity index (χ0) is 13.8. The molecule has 0 aromatic heterocycles. The summed E-state index contributed by atoms with van der Waals surface area (Å²) >= 11 is 0. The molecule has 5 nitrogen and oxygen atoms in total. The van der Waals surface area contributed by atoms with Crippen LogP contribution in [0.1, 0.15) is 12.0 Å². The van der Waals surface area contributed by atoms with Crippen molar-refractivity contribution < 1.29 is 14.3 Å². The standard InChI is InChI=1S/C13H18FN3O2/c1-17(5-4-13(15)16-18)8-11-7-9-6-10(14)2-3-12(9)19-11/h2-3,6,11,18H,4-5,7-8H2,1H3,(H2,15,16). The van der Waals surface area contributed by atoms with E-state index in [1.807, 2.05) is 11.9 Å². The fraction of sp³-hybridized carbons (Fsp3) is 0.462. The molecule has 0 saturated carbocycles. The number of nitrogens with zero attached hydrogens (tertiary/aromatic N) is 2. The van der Waals surface area contributed by atoms with Crippen LogP contribution >= 0.6 is 0 Å². The first-order valence-electron chi connectivity index (χ1n) is 6.18. The van der Waals surface area contributed by atoms with Gasteiger partial charge in [0.2, 0.25) is 0 Å². The molecule has 19 heavy (non-hydrogen) atoms. The SMILES string of the molecule is CN(CCC(N)=NO)CC1Cc2cc(F)ccc2O1. The molecule has 0 aliphatic carbocycles. The van der Waals surface area contributed by atoms with E-state index in [1.165, 1.54) is 12.1 Å². The van der Waals surface area contributed by atoms with Crippen molar-refractivity contribution in [2.24, 2.45) is 10.9 Å². The van der Waals surface area contributed by atoms with E-state index in [1.54, 1.807) is 6.07 Å². The average Bonchev–Trinajstić information content (AvgIpc) is 2.77. The molecular formula is C13H18FN3O2. The largest absolute Gasteiger partial charge is 0.488 e. The van der Waals surface area contributed by atoms with Crippen LogP contribution in [0.4, 0.5) is 4.39 Å². The zero-order valence-electron chi connectivity index (χ0n) is 10.8. The van der Waals surface area contributed by atoms with Gasteiger partial charge in [0.25, 0.3) is 0 Å². The Morgan fingerprint density at radius 3 is 3.16 bits per heavy atom. The topological polar surface area (TPSA) is 71.1 Å². The van der Waals surface area contributed by atoms with Crippen LogP contribution in [-0.4, -0.2) is 42.2 Å². The molecule has 1 unspecified atom stereocenters. The quantitative estimate of drug-likeness (QED) is 0.364. The van der Waals surface area contributed by atoms with E-state index in [-0.39, 0.29) is 17.8 Å². The number of rotatable bonds is 5. The van der Waals surface area contributed by atoms with Crippen molar-refractivity contribution >= 4 is 5.84 Å². The fourth-order valence-electron chi connectivity index (χ4n) is 2.19. The molecule has 3 N–H and O–H groups in total. The summed E-state index contributed by atoms with van der Waals surface area (Å²) in [7, 11) is 1.94. The molecule has 1 aromatic carbocycles. The van der Waals surface area contributed by atoms with E-state index in [2.05, 4.69) is 5.16 Å². The molecule has 0 amide bonds. The fourth-order valence-corrected chi connectivity index (χ4v) is 2.19. The number of amidine groups is 1. The number of ether oxygens (including phenoxy) is 1. The molecule has 0 spiro atoms. The molecule has 1 aliphatic rings. The van der Waals surface area contributed by atoms with E-state index in [4.69, 9.17) is 15.7 Å². The second-order valence-electron chi connectivity index (χ2n) is 4.80. The number of nitrogens with two attached hydrogens (primary N) is 1. The lowest BCUT2D eigenvalue weighted by Crippen LogP contribution is -2.34. The van der Waals surface area contributed by atoms with Crippen molar-refractivity contribution in [2.75, 3.05) is 20.1 Å². The highest BCUT2D eigenvalue weighted by Gasteiger charge is 2.24. The normalized spacial score (nSPS) is 18.5. The Bertz CT molecular complexity index is 479. The van der Waals surface area contributed by atoms with Crippen molar-refractivity contribution in [3.8, 4) is 5.75 Å². The molecule has 6 heteroatoms. The minimum Gasteiger partial charge on any atom is -0.488 e. The highest BCUT2D eigenvalue weighted by molar-refractivity contribution is 5.79. The summed E-state index contributed by atoms with van der Waals surface area (Å²) in [5, 5.41) is 11.4. The van der Waals surface area contributed by atoms with Gasteiger partial charge in [-0.3, -0.25) is 0 Å². The van der Waals surface area contributed by atoms with Gasteiger partial charge in [0.15, 0.2) is 0 Å². The summed E-state index contributed by atoms with van der Waals surface area (Å²) in [6.45, 7) is 1.40. The maximum absolute atomic E-state index is 13.1. The summed E-state index contributed by atoms with van der Waals surface area (Å²) in [5.74, 6) is 0.740. The predicted octanol–water partition coefficient (Wildman–Crippen LogP) is 1.20. The van der Waals surface area contributed by atoms with Crippen LogP contribution in [0.5, 0.6) is 5.75 Å². The lowest BCUT2D eigenvalue weighted by Gasteiger charge is -2.20. The highest BCUT2D eigenvalue weighted by Crippen LogP contribution is 2.29. The molecule has 0 fully saturated rings. The Balaban J connectivity index is 1.83. The molecule has 104 valence electrons. The first-order chi connectivity index (χ1) is 9.08. The third-order valence-corrected chi connectivity index (χ3v) is 3.16. The monoisotopic (exact) mass is 267 g/mol. The van der Waals surface area contributed by atoms with Crippen LogP contribution in [0, 0.1) is 5.82 Å². The van der Waals surface area contributed by atoms with Gasteiger partial charge in [0, 0.05) is 31.5 Å². The van der Waals surface area contributed by atoms with Gasteiger partial charge >= 0.3 is 0 Å². The maximum atomic E-state index is 13.1. The van der Waals surface area contributed by atoms with Crippen molar-refractivity contribution in [1.82, 2.24) is 4.90 Å². The Kier molecular flexibility index (Phi) is 4.21. The van der Waals surface area contributed by atoms with Crippen LogP contribution in [0.2, 0.25) is 0 Å². The van der Waals surface area contributed by atoms with Crippen molar-refractivity contribution in [2.45, 2.75) is 18.9 Å². The van der Waals surface area contributed by atoms with Gasteiger partial charge in [-0.1, -0.05) is 5.16 Å². The van der Waals surface area contributed by atoms with Crippen LogP contribution in [-0.2, 0) is 6.42 Å². The lowest BCUT2D eigenvalue weighted by molar-refractivity contribution is 0.170. The summed E-state index contributed by atoms with van der Waals surface area (Å²) in [5.41, 5.74) is 6.33. The second kappa shape index (κ2) is 5.88. The third-order valence-electron chi connectivity index (χ3n) is 3.16. The van der Waals surface area contributed by atoms with Crippen LogP contribution in [0.3, 0.4) is 0 Å². The minimum atomic E-state index is -0.233. The highest BCUT2D eigenvalue weighted by atomic mass is 19.1. The Morgan fingerprint density at radius 1 is 1.63 bits per heavy atom. The predicted molar refractivity (Wildman–Crippen MR) is 70.0 cm³/mol. The maximum Gasteiger partial charge on any atom is 0.140 e. The van der Waals surface area contributed by atoms with Gasteiger partial charge in [-0.05, 0) is 25.2 Å². The van der Waals surface area contributed by atoms with E-state index >= 15 is 0 Å². The second-order valence-corrected chi connectivity index (χ2v) is 4.80. The molecule has 0 bridgehead atoms.